The predicted octanol–water partition coefficient (Wildman–Crippen LogP) is 3.15. The number of anilines is 1. The van der Waals surface area contributed by atoms with E-state index in [0.29, 0.717) is 15.8 Å². The van der Waals surface area contributed by atoms with Crippen molar-refractivity contribution in [1.82, 2.24) is 0 Å². The number of hydrogen-bond donors (Lipinski definition) is 1. The van der Waals surface area contributed by atoms with Crippen molar-refractivity contribution in [2.75, 3.05) is 12.8 Å². The first-order valence-electron chi connectivity index (χ1n) is 5.93. The molecular weight excluding hydrogens is 361 g/mol. The van der Waals surface area contributed by atoms with Crippen LogP contribution in [0, 0.1) is 5.82 Å². The van der Waals surface area contributed by atoms with E-state index in [-0.39, 0.29) is 16.3 Å². The molecule has 0 heterocycles. The van der Waals surface area contributed by atoms with Crippen molar-refractivity contribution in [2.24, 2.45) is 0 Å². The SMILES string of the molecule is COc1ccc(Br)c(CS(=O)(=O)c2ccc(N)cc2F)c1. The van der Waals surface area contributed by atoms with Crippen LogP contribution in [0.1, 0.15) is 5.56 Å². The van der Waals surface area contributed by atoms with Crippen LogP contribution in [0.2, 0.25) is 0 Å². The molecule has 112 valence electrons. The van der Waals surface area contributed by atoms with Gasteiger partial charge in [0.1, 0.15) is 16.5 Å². The van der Waals surface area contributed by atoms with Crippen LogP contribution in [-0.2, 0) is 15.6 Å². The van der Waals surface area contributed by atoms with Crippen LogP contribution in [0.4, 0.5) is 10.1 Å². The van der Waals surface area contributed by atoms with Gasteiger partial charge in [-0.25, -0.2) is 12.8 Å². The molecule has 0 saturated carbocycles. The third-order valence-electron chi connectivity index (χ3n) is 2.89. The summed E-state index contributed by atoms with van der Waals surface area (Å²) in [7, 11) is -2.34. The van der Waals surface area contributed by atoms with Crippen molar-refractivity contribution in [1.29, 1.82) is 0 Å². The zero-order valence-electron chi connectivity index (χ0n) is 11.1. The number of benzene rings is 2. The molecule has 4 nitrogen and oxygen atoms in total. The van der Waals surface area contributed by atoms with E-state index in [1.807, 2.05) is 0 Å². The first-order valence-corrected chi connectivity index (χ1v) is 8.38. The van der Waals surface area contributed by atoms with Gasteiger partial charge in [-0.3, -0.25) is 0 Å². The van der Waals surface area contributed by atoms with Crippen LogP contribution >= 0.6 is 15.9 Å². The Kier molecular flexibility index (Phi) is 4.53. The van der Waals surface area contributed by atoms with Gasteiger partial charge in [-0.05, 0) is 42.0 Å². The van der Waals surface area contributed by atoms with Gasteiger partial charge in [-0.15, -0.1) is 0 Å². The number of halogens is 2. The van der Waals surface area contributed by atoms with Gasteiger partial charge >= 0.3 is 0 Å². The molecule has 0 radical (unpaired) electrons. The fourth-order valence-electron chi connectivity index (χ4n) is 1.84. The first-order chi connectivity index (χ1) is 9.83. The lowest BCUT2D eigenvalue weighted by Gasteiger charge is -2.09. The third-order valence-corrected chi connectivity index (χ3v) is 5.36. The van der Waals surface area contributed by atoms with Gasteiger partial charge in [-0.2, -0.15) is 0 Å². The first kappa shape index (κ1) is 15.8. The molecule has 0 amide bonds. The average molecular weight is 374 g/mol. The molecule has 0 bridgehead atoms. The highest BCUT2D eigenvalue weighted by atomic mass is 79.9. The number of rotatable bonds is 4. The Labute approximate surface area is 130 Å². The summed E-state index contributed by atoms with van der Waals surface area (Å²) in [5.74, 6) is -0.666. The molecule has 0 aliphatic rings. The summed E-state index contributed by atoms with van der Waals surface area (Å²) in [4.78, 5) is -0.369. The van der Waals surface area contributed by atoms with Crippen molar-refractivity contribution in [3.63, 3.8) is 0 Å². The molecule has 2 N–H and O–H groups in total. The highest BCUT2D eigenvalue weighted by Gasteiger charge is 2.21. The summed E-state index contributed by atoms with van der Waals surface area (Å²) in [6, 6.07) is 8.50. The van der Waals surface area contributed by atoms with Gasteiger partial charge in [0.15, 0.2) is 9.84 Å². The van der Waals surface area contributed by atoms with E-state index >= 15 is 0 Å². The van der Waals surface area contributed by atoms with Crippen LogP contribution in [0.25, 0.3) is 0 Å². The molecule has 0 unspecified atom stereocenters. The summed E-state index contributed by atoms with van der Waals surface area (Å²) in [5, 5.41) is 0. The number of nitrogens with two attached hydrogens (primary N) is 1. The number of sulfone groups is 1. The maximum Gasteiger partial charge on any atom is 0.185 e. The van der Waals surface area contributed by atoms with Crippen molar-refractivity contribution in [3.05, 3.63) is 52.3 Å². The molecule has 0 aliphatic heterocycles. The van der Waals surface area contributed by atoms with Crippen LogP contribution in [0.3, 0.4) is 0 Å². The maximum atomic E-state index is 13.8. The van der Waals surface area contributed by atoms with Gasteiger partial charge in [0.25, 0.3) is 0 Å². The Bertz CT molecular complexity index is 778. The minimum absolute atomic E-state index is 0.175. The summed E-state index contributed by atoms with van der Waals surface area (Å²) in [6.07, 6.45) is 0. The molecule has 0 saturated heterocycles. The van der Waals surface area contributed by atoms with Gasteiger partial charge < -0.3 is 10.5 Å². The normalized spacial score (nSPS) is 11.4. The molecule has 2 rings (SSSR count). The van der Waals surface area contributed by atoms with E-state index in [0.717, 1.165) is 6.07 Å². The number of ether oxygens (including phenoxy) is 1. The smallest absolute Gasteiger partial charge is 0.185 e. The van der Waals surface area contributed by atoms with Gasteiger partial charge in [-0.1, -0.05) is 15.9 Å². The highest BCUT2D eigenvalue weighted by Crippen LogP contribution is 2.27. The van der Waals surface area contributed by atoms with Crippen molar-refractivity contribution >= 4 is 31.5 Å². The van der Waals surface area contributed by atoms with Crippen molar-refractivity contribution in [3.8, 4) is 5.75 Å². The van der Waals surface area contributed by atoms with E-state index in [4.69, 9.17) is 10.5 Å². The average Bonchev–Trinajstić information content (AvgIpc) is 2.40. The second-order valence-corrected chi connectivity index (χ2v) is 7.22. The fraction of sp³-hybridized carbons (Fsp3) is 0.143. The lowest BCUT2D eigenvalue weighted by molar-refractivity contribution is 0.414. The van der Waals surface area contributed by atoms with Gasteiger partial charge in [0.2, 0.25) is 0 Å². The number of hydrogen-bond acceptors (Lipinski definition) is 4. The fourth-order valence-corrected chi connectivity index (χ4v) is 3.85. The van der Waals surface area contributed by atoms with E-state index in [1.165, 1.54) is 19.2 Å². The highest BCUT2D eigenvalue weighted by molar-refractivity contribution is 9.10. The molecule has 7 heteroatoms. The second-order valence-electron chi connectivity index (χ2n) is 4.41. The summed E-state index contributed by atoms with van der Waals surface area (Å²) >= 11 is 3.28. The molecule has 2 aromatic carbocycles. The predicted molar refractivity (Wildman–Crippen MR) is 82.4 cm³/mol. The molecule has 0 aromatic heterocycles. The monoisotopic (exact) mass is 373 g/mol. The van der Waals surface area contributed by atoms with E-state index in [9.17, 15) is 12.8 Å². The second kappa shape index (κ2) is 6.03. The van der Waals surface area contributed by atoms with Crippen LogP contribution in [0.15, 0.2) is 45.8 Å². The zero-order valence-corrected chi connectivity index (χ0v) is 13.5. The third kappa shape index (κ3) is 3.54. The minimum Gasteiger partial charge on any atom is -0.497 e. The molecule has 2 aromatic rings. The summed E-state index contributed by atoms with van der Waals surface area (Å²) < 4.78 is 44.2. The molecule has 0 spiro atoms. The minimum atomic E-state index is -3.82. The topological polar surface area (TPSA) is 69.4 Å². The summed E-state index contributed by atoms with van der Waals surface area (Å²) in [6.45, 7) is 0. The lowest BCUT2D eigenvalue weighted by atomic mass is 10.2. The summed E-state index contributed by atoms with van der Waals surface area (Å²) in [5.41, 5.74) is 6.09. The quantitative estimate of drug-likeness (QED) is 0.835. The zero-order chi connectivity index (χ0) is 15.6. The standard InChI is InChI=1S/C14H13BrFNO3S/c1-20-11-3-4-12(15)9(6-11)8-21(18,19)14-5-2-10(17)7-13(14)16/h2-7H,8,17H2,1H3. The molecule has 21 heavy (non-hydrogen) atoms. The van der Waals surface area contributed by atoms with Crippen LogP contribution in [-0.4, -0.2) is 15.5 Å². The Balaban J connectivity index is 2.42. The van der Waals surface area contributed by atoms with Gasteiger partial charge in [0, 0.05) is 10.2 Å². The maximum absolute atomic E-state index is 13.8. The van der Waals surface area contributed by atoms with Crippen LogP contribution in [0.5, 0.6) is 5.75 Å². The van der Waals surface area contributed by atoms with Crippen LogP contribution < -0.4 is 10.5 Å². The lowest BCUT2D eigenvalue weighted by Crippen LogP contribution is -2.08. The molecule has 0 aliphatic carbocycles. The Hall–Kier alpha value is -1.60. The number of methoxy groups -OCH3 is 1. The Morgan fingerprint density at radius 3 is 2.57 bits per heavy atom. The largest absolute Gasteiger partial charge is 0.497 e. The van der Waals surface area contributed by atoms with E-state index in [2.05, 4.69) is 15.9 Å². The van der Waals surface area contributed by atoms with E-state index < -0.39 is 15.7 Å². The number of nitrogen functional groups attached to an aromatic ring is 1. The molecule has 0 atom stereocenters. The van der Waals surface area contributed by atoms with E-state index in [1.54, 1.807) is 18.2 Å². The van der Waals surface area contributed by atoms with Gasteiger partial charge in [0.05, 0.1) is 12.9 Å². The molecular formula is C14H13BrFNO3S. The van der Waals surface area contributed by atoms with Crippen molar-refractivity contribution < 1.29 is 17.5 Å². The van der Waals surface area contributed by atoms with Crippen molar-refractivity contribution in [2.45, 2.75) is 10.6 Å². The molecule has 0 fully saturated rings. The Morgan fingerprint density at radius 2 is 1.95 bits per heavy atom. The Morgan fingerprint density at radius 1 is 1.24 bits per heavy atom.